The van der Waals surface area contributed by atoms with E-state index in [1.54, 1.807) is 4.57 Å². The molecule has 218 valence electrons. The first kappa shape index (κ1) is 28.7. The number of H-pyrrole nitrogens is 1. The summed E-state index contributed by atoms with van der Waals surface area (Å²) < 4.78 is 46.8. The molecule has 1 saturated heterocycles. The third-order valence-electron chi connectivity index (χ3n) is 6.45. The van der Waals surface area contributed by atoms with E-state index < -0.39 is 52.2 Å². The van der Waals surface area contributed by atoms with Gasteiger partial charge in [0, 0.05) is 12.0 Å². The summed E-state index contributed by atoms with van der Waals surface area (Å²) in [5, 5.41) is 3.03. The predicted molar refractivity (Wildman–Crippen MR) is 134 cm³/mol. The van der Waals surface area contributed by atoms with Gasteiger partial charge < -0.3 is 30.5 Å². The van der Waals surface area contributed by atoms with Crippen molar-refractivity contribution in [2.24, 2.45) is 5.92 Å². The normalized spacial score (nSPS) is 26.7. The average Bonchev–Trinajstić information content (AvgIpc) is 3.60. The van der Waals surface area contributed by atoms with Crippen molar-refractivity contribution < 1.29 is 42.1 Å². The zero-order valence-electron chi connectivity index (χ0n) is 20.7. The van der Waals surface area contributed by atoms with E-state index in [1.807, 2.05) is 0 Å². The largest absolute Gasteiger partial charge is 0.472 e. The minimum atomic E-state index is -4.78. The Bertz CT molecular complexity index is 1480. The third-order valence-corrected chi connectivity index (χ3v) is 7.95. The second-order valence-corrected chi connectivity index (χ2v) is 11.9. The highest BCUT2D eigenvalue weighted by atomic mass is 31.2. The Kier molecular flexibility index (Phi) is 8.28. The van der Waals surface area contributed by atoms with Crippen molar-refractivity contribution in [3.05, 3.63) is 29.3 Å². The summed E-state index contributed by atoms with van der Waals surface area (Å²) in [6.07, 6.45) is 3.32. The first-order valence-electron chi connectivity index (χ1n) is 12.1. The van der Waals surface area contributed by atoms with E-state index in [-0.39, 0.29) is 48.6 Å². The van der Waals surface area contributed by atoms with Gasteiger partial charge in [-0.3, -0.25) is 27.9 Å². The van der Waals surface area contributed by atoms with Crippen LogP contribution in [0.1, 0.15) is 31.9 Å². The number of hydrogen-bond donors (Lipinski definition) is 6. The van der Waals surface area contributed by atoms with Gasteiger partial charge >= 0.3 is 15.6 Å². The molecule has 6 atom stereocenters. The lowest BCUT2D eigenvalue weighted by molar-refractivity contribution is -0.0261. The van der Waals surface area contributed by atoms with Crippen LogP contribution in [0, 0.1) is 5.92 Å². The van der Waals surface area contributed by atoms with E-state index in [4.69, 9.17) is 29.3 Å². The number of phosphoric acid groups is 2. The molecule has 1 aliphatic heterocycles. The zero-order valence-corrected chi connectivity index (χ0v) is 22.5. The summed E-state index contributed by atoms with van der Waals surface area (Å²) in [4.78, 5) is 62.9. The fraction of sp³-hybridized carbons (Fsp3) is 0.579. The number of ether oxygens (including phenoxy) is 1. The van der Waals surface area contributed by atoms with Crippen molar-refractivity contribution in [1.82, 2.24) is 34.5 Å². The minimum absolute atomic E-state index is 0.0716. The second-order valence-electron chi connectivity index (χ2n) is 9.29. The molecule has 0 radical (unpaired) electrons. The van der Waals surface area contributed by atoms with Crippen LogP contribution in [-0.2, 0) is 27.4 Å². The molecule has 4 heterocycles. The third kappa shape index (κ3) is 7.06. The van der Waals surface area contributed by atoms with Crippen molar-refractivity contribution in [2.75, 3.05) is 24.3 Å². The fourth-order valence-corrected chi connectivity index (χ4v) is 6.15. The van der Waals surface area contributed by atoms with Crippen molar-refractivity contribution in [3.8, 4) is 0 Å². The molecule has 1 aliphatic carbocycles. The molecule has 21 heteroatoms. The van der Waals surface area contributed by atoms with E-state index in [0.29, 0.717) is 12.8 Å². The molecule has 0 aromatic carbocycles. The van der Waals surface area contributed by atoms with Gasteiger partial charge in [0.05, 0.1) is 31.7 Å². The molecule has 3 aromatic rings. The monoisotopic (exact) mass is 603 g/mol. The number of imidazole rings is 1. The maximum absolute atomic E-state index is 12.8. The molecule has 7 N–H and O–H groups in total. The highest BCUT2D eigenvalue weighted by Gasteiger charge is 2.42. The number of phosphoric ester groups is 2. The minimum Gasteiger partial charge on any atom is -0.369 e. The number of nitrogen functional groups attached to an aromatic ring is 1. The highest BCUT2D eigenvalue weighted by molar-refractivity contribution is 7.47. The van der Waals surface area contributed by atoms with E-state index in [9.17, 15) is 18.8 Å². The zero-order chi connectivity index (χ0) is 28.5. The molecule has 19 nitrogen and oxygen atoms in total. The molecule has 2 aliphatic rings. The summed E-state index contributed by atoms with van der Waals surface area (Å²) in [6, 6.07) is -0.350. The van der Waals surface area contributed by atoms with Gasteiger partial charge in [-0.05, 0) is 25.7 Å². The summed E-state index contributed by atoms with van der Waals surface area (Å²) in [6.45, 7) is -0.700. The number of rotatable bonds is 11. The van der Waals surface area contributed by atoms with Crippen LogP contribution in [0.4, 0.5) is 11.9 Å². The lowest BCUT2D eigenvalue weighted by Crippen LogP contribution is -2.23. The maximum Gasteiger partial charge on any atom is 0.472 e. The second kappa shape index (κ2) is 11.6. The number of anilines is 2. The molecular weight excluding hydrogens is 576 g/mol. The van der Waals surface area contributed by atoms with Gasteiger partial charge in [-0.25, -0.2) is 29.1 Å². The van der Waals surface area contributed by atoms with Gasteiger partial charge in [0.2, 0.25) is 11.9 Å². The Morgan fingerprint density at radius 1 is 1.12 bits per heavy atom. The summed E-state index contributed by atoms with van der Waals surface area (Å²) in [5.41, 5.74) is 5.50. The molecular formula is C19H27N9O10P2. The van der Waals surface area contributed by atoms with Gasteiger partial charge in [-0.2, -0.15) is 4.98 Å². The van der Waals surface area contributed by atoms with Crippen LogP contribution in [0.25, 0.3) is 11.2 Å². The number of nitrogens with two attached hydrogens (primary N) is 1. The fourth-order valence-electron chi connectivity index (χ4n) is 4.74. The van der Waals surface area contributed by atoms with E-state index in [2.05, 4.69) is 39.7 Å². The smallest absolute Gasteiger partial charge is 0.369 e. The van der Waals surface area contributed by atoms with Crippen molar-refractivity contribution >= 4 is 38.7 Å². The Balaban J connectivity index is 1.18. The van der Waals surface area contributed by atoms with Crippen molar-refractivity contribution in [3.63, 3.8) is 0 Å². The van der Waals surface area contributed by atoms with Crippen LogP contribution in [0.3, 0.4) is 0 Å². The van der Waals surface area contributed by atoms with Crippen LogP contribution in [-0.4, -0.2) is 80.6 Å². The Hall–Kier alpha value is -2.86. The van der Waals surface area contributed by atoms with Crippen LogP contribution in [0.15, 0.2) is 23.8 Å². The van der Waals surface area contributed by atoms with Gasteiger partial charge in [0.15, 0.2) is 11.2 Å². The lowest BCUT2D eigenvalue weighted by Gasteiger charge is -2.23. The van der Waals surface area contributed by atoms with E-state index >= 15 is 0 Å². The first-order chi connectivity index (χ1) is 19.0. The molecule has 0 spiro atoms. The maximum atomic E-state index is 12.8. The number of nitrogens with zero attached hydrogens (tertiary/aromatic N) is 6. The van der Waals surface area contributed by atoms with Gasteiger partial charge in [-0.1, -0.05) is 0 Å². The Morgan fingerprint density at radius 2 is 1.90 bits per heavy atom. The molecule has 0 amide bonds. The number of fused-ring (bicyclic) bond motifs is 1. The molecule has 2 fully saturated rings. The molecule has 1 unspecified atom stereocenters. The molecule has 3 aromatic heterocycles. The Labute approximate surface area is 225 Å². The predicted octanol–water partition coefficient (Wildman–Crippen LogP) is 0.0666. The highest BCUT2D eigenvalue weighted by Crippen LogP contribution is 2.50. The molecule has 5 rings (SSSR count). The Morgan fingerprint density at radius 3 is 2.65 bits per heavy atom. The first-order valence-corrected chi connectivity index (χ1v) is 15.1. The van der Waals surface area contributed by atoms with Crippen molar-refractivity contribution in [2.45, 2.75) is 50.2 Å². The number of hydrogen-bond acceptors (Lipinski definition) is 14. The topological polar surface area (TPSA) is 272 Å². The van der Waals surface area contributed by atoms with Gasteiger partial charge in [0.1, 0.15) is 18.9 Å². The quantitative estimate of drug-likeness (QED) is 0.158. The number of aromatic nitrogens is 7. The van der Waals surface area contributed by atoms with Crippen LogP contribution in [0.2, 0.25) is 0 Å². The summed E-state index contributed by atoms with van der Waals surface area (Å²) in [5.74, 6) is -0.460. The van der Waals surface area contributed by atoms with Crippen molar-refractivity contribution in [1.29, 1.82) is 0 Å². The molecule has 40 heavy (non-hydrogen) atoms. The lowest BCUT2D eigenvalue weighted by atomic mass is 10.1. The standard InChI is InChI=1S/C19H27N9O10P2/c20-18-26-16-15(17(29)27-18)24-9-28(16)14-2-1-12(37-14)6-36-40(33,34)38-13-4-11(25-19-22-7-21-8-23-19)3-10(13)5-35-39(30,31)32/h7-14H,1-6H2,(H,33,34)(H2,30,31,32)(H3,20,26,27,29)(H,21,22,23,25)/t10-,11-,12+,13+,14-/m1/s1. The van der Waals surface area contributed by atoms with Gasteiger partial charge in [0.25, 0.3) is 5.56 Å². The van der Waals surface area contributed by atoms with Crippen LogP contribution >= 0.6 is 15.6 Å². The van der Waals surface area contributed by atoms with Crippen LogP contribution < -0.4 is 16.6 Å². The average molecular weight is 603 g/mol. The molecule has 0 bridgehead atoms. The number of aromatic amines is 1. The summed E-state index contributed by atoms with van der Waals surface area (Å²) >= 11 is 0. The van der Waals surface area contributed by atoms with E-state index in [0.717, 1.165) is 0 Å². The SMILES string of the molecule is Nc1nc2c(ncn2[C@H]2CC[C@@H](COP(=O)(O)O[C@H]3C[C@H](Nc4ncncn4)C[C@@H]3COP(=O)(O)O)O2)c(=O)[nH]1. The van der Waals surface area contributed by atoms with Crippen LogP contribution in [0.5, 0.6) is 0 Å². The molecule has 1 saturated carbocycles. The summed E-state index contributed by atoms with van der Waals surface area (Å²) in [7, 11) is -9.41. The number of nitrogens with one attached hydrogen (secondary N) is 2. The van der Waals surface area contributed by atoms with Gasteiger partial charge in [-0.15, -0.1) is 0 Å². The van der Waals surface area contributed by atoms with E-state index in [1.165, 1.54) is 19.0 Å².